The van der Waals surface area contributed by atoms with E-state index >= 15 is 0 Å². The van der Waals surface area contributed by atoms with E-state index in [2.05, 4.69) is 33.5 Å². The van der Waals surface area contributed by atoms with E-state index in [1.165, 1.54) is 30.4 Å². The number of fused-ring (bicyclic) bond motifs is 2. The van der Waals surface area contributed by atoms with E-state index in [1.807, 2.05) is 6.92 Å². The van der Waals surface area contributed by atoms with Crippen molar-refractivity contribution in [3.05, 3.63) is 65.4 Å². The SMILES string of the molecule is CC(NC(=O)c1cnc2cnccn12)c1ccc2c(c1)CCCC2. The molecule has 3 aromatic rings. The van der Waals surface area contributed by atoms with E-state index < -0.39 is 0 Å². The van der Waals surface area contributed by atoms with Crippen LogP contribution >= 0.6 is 0 Å². The van der Waals surface area contributed by atoms with Gasteiger partial charge in [-0.3, -0.25) is 14.2 Å². The van der Waals surface area contributed by atoms with E-state index in [0.29, 0.717) is 11.3 Å². The molecule has 1 aliphatic rings. The van der Waals surface area contributed by atoms with Gasteiger partial charge in [0.2, 0.25) is 0 Å². The summed E-state index contributed by atoms with van der Waals surface area (Å²) in [6.07, 6.45) is 11.5. The lowest BCUT2D eigenvalue weighted by Gasteiger charge is -2.20. The van der Waals surface area contributed by atoms with Crippen molar-refractivity contribution in [1.82, 2.24) is 19.7 Å². The van der Waals surface area contributed by atoms with Crippen LogP contribution in [0.25, 0.3) is 5.65 Å². The molecule has 0 aliphatic heterocycles. The molecule has 1 unspecified atom stereocenters. The van der Waals surface area contributed by atoms with Gasteiger partial charge in [-0.25, -0.2) is 4.98 Å². The first-order valence-corrected chi connectivity index (χ1v) is 8.42. The van der Waals surface area contributed by atoms with Crippen molar-refractivity contribution < 1.29 is 4.79 Å². The van der Waals surface area contributed by atoms with Gasteiger partial charge < -0.3 is 5.32 Å². The van der Waals surface area contributed by atoms with Crippen LogP contribution in [0.5, 0.6) is 0 Å². The molecule has 1 atom stereocenters. The quantitative estimate of drug-likeness (QED) is 0.807. The zero-order chi connectivity index (χ0) is 16.5. The average Bonchev–Trinajstić information content (AvgIpc) is 3.05. The van der Waals surface area contributed by atoms with Crippen LogP contribution in [0.3, 0.4) is 0 Å². The fourth-order valence-corrected chi connectivity index (χ4v) is 3.39. The smallest absolute Gasteiger partial charge is 0.270 e. The second kappa shape index (κ2) is 6.07. The summed E-state index contributed by atoms with van der Waals surface area (Å²) in [6, 6.07) is 6.55. The second-order valence-electron chi connectivity index (χ2n) is 6.38. The molecule has 1 aliphatic carbocycles. The number of hydrogen-bond donors (Lipinski definition) is 1. The Balaban J connectivity index is 1.55. The third-order valence-electron chi connectivity index (χ3n) is 4.77. The minimum Gasteiger partial charge on any atom is -0.344 e. The van der Waals surface area contributed by atoms with Crippen molar-refractivity contribution in [1.29, 1.82) is 0 Å². The van der Waals surface area contributed by atoms with Crippen LogP contribution in [-0.4, -0.2) is 20.3 Å². The molecule has 5 nitrogen and oxygen atoms in total. The van der Waals surface area contributed by atoms with Crippen LogP contribution in [0.4, 0.5) is 0 Å². The van der Waals surface area contributed by atoms with E-state index in [-0.39, 0.29) is 11.9 Å². The molecule has 1 amide bonds. The first-order valence-electron chi connectivity index (χ1n) is 8.42. The van der Waals surface area contributed by atoms with Crippen molar-refractivity contribution in [2.24, 2.45) is 0 Å². The van der Waals surface area contributed by atoms with Crippen LogP contribution in [0.1, 0.15) is 53.0 Å². The third kappa shape index (κ3) is 2.66. The Morgan fingerprint density at radius 1 is 1.21 bits per heavy atom. The number of carbonyl (C=O) groups excluding carboxylic acids is 1. The van der Waals surface area contributed by atoms with Crippen LogP contribution in [0, 0.1) is 0 Å². The summed E-state index contributed by atoms with van der Waals surface area (Å²) in [6.45, 7) is 2.02. The molecule has 122 valence electrons. The standard InChI is InChI=1S/C19H20N4O/c1-13(15-7-6-14-4-2-3-5-16(14)10-15)22-19(24)17-11-21-18-12-20-8-9-23(17)18/h6-13H,2-5H2,1H3,(H,22,24). The van der Waals surface area contributed by atoms with Crippen molar-refractivity contribution in [2.75, 3.05) is 0 Å². The summed E-state index contributed by atoms with van der Waals surface area (Å²) in [5.74, 6) is -0.126. The van der Waals surface area contributed by atoms with Gasteiger partial charge in [0.15, 0.2) is 5.65 Å². The molecule has 1 aromatic carbocycles. The van der Waals surface area contributed by atoms with Crippen molar-refractivity contribution >= 4 is 11.6 Å². The highest BCUT2D eigenvalue weighted by atomic mass is 16.2. The number of aryl methyl sites for hydroxylation is 2. The monoisotopic (exact) mass is 320 g/mol. The number of amides is 1. The first kappa shape index (κ1) is 14.9. The molecule has 0 saturated heterocycles. The van der Waals surface area contributed by atoms with Gasteiger partial charge >= 0.3 is 0 Å². The lowest BCUT2D eigenvalue weighted by atomic mass is 9.89. The number of nitrogens with zero attached hydrogens (tertiary/aromatic N) is 3. The normalized spacial score (nSPS) is 15.0. The lowest BCUT2D eigenvalue weighted by molar-refractivity contribution is 0.0934. The summed E-state index contributed by atoms with van der Waals surface area (Å²) in [5.41, 5.74) is 5.24. The Morgan fingerprint density at radius 2 is 2.04 bits per heavy atom. The number of carbonyl (C=O) groups is 1. The zero-order valence-electron chi connectivity index (χ0n) is 13.7. The van der Waals surface area contributed by atoms with E-state index in [0.717, 1.165) is 12.0 Å². The van der Waals surface area contributed by atoms with E-state index in [9.17, 15) is 4.79 Å². The molecule has 0 bridgehead atoms. The van der Waals surface area contributed by atoms with E-state index in [4.69, 9.17) is 0 Å². The third-order valence-corrected chi connectivity index (χ3v) is 4.77. The number of hydrogen-bond acceptors (Lipinski definition) is 3. The van der Waals surface area contributed by atoms with Crippen LogP contribution in [0.15, 0.2) is 43.0 Å². The molecule has 2 heterocycles. The summed E-state index contributed by atoms with van der Waals surface area (Å²) < 4.78 is 1.75. The largest absolute Gasteiger partial charge is 0.344 e. The van der Waals surface area contributed by atoms with Gasteiger partial charge in [0.25, 0.3) is 5.91 Å². The van der Waals surface area contributed by atoms with E-state index in [1.54, 1.807) is 29.2 Å². The topological polar surface area (TPSA) is 59.3 Å². The maximum atomic E-state index is 12.6. The highest BCUT2D eigenvalue weighted by Crippen LogP contribution is 2.25. The van der Waals surface area contributed by atoms with Gasteiger partial charge in [-0.15, -0.1) is 0 Å². The van der Waals surface area contributed by atoms with Gasteiger partial charge in [-0.1, -0.05) is 18.2 Å². The zero-order valence-corrected chi connectivity index (χ0v) is 13.7. The number of nitrogens with one attached hydrogen (secondary N) is 1. The Labute approximate surface area is 140 Å². The predicted octanol–water partition coefficient (Wildman–Crippen LogP) is 3.10. The molecule has 5 heteroatoms. The molecule has 0 fully saturated rings. The number of aromatic nitrogens is 3. The summed E-state index contributed by atoms with van der Waals surface area (Å²) in [5, 5.41) is 3.08. The maximum absolute atomic E-state index is 12.6. The summed E-state index contributed by atoms with van der Waals surface area (Å²) in [7, 11) is 0. The molecular weight excluding hydrogens is 300 g/mol. The highest BCUT2D eigenvalue weighted by molar-refractivity contribution is 5.93. The van der Waals surface area contributed by atoms with Gasteiger partial charge in [-0.2, -0.15) is 0 Å². The number of rotatable bonds is 3. The van der Waals surface area contributed by atoms with Gasteiger partial charge in [0, 0.05) is 12.4 Å². The number of imidazole rings is 1. The number of benzene rings is 1. The molecule has 0 radical (unpaired) electrons. The highest BCUT2D eigenvalue weighted by Gasteiger charge is 2.17. The van der Waals surface area contributed by atoms with Crippen LogP contribution in [-0.2, 0) is 12.8 Å². The first-order chi connectivity index (χ1) is 11.7. The summed E-state index contributed by atoms with van der Waals surface area (Å²) in [4.78, 5) is 20.8. The average molecular weight is 320 g/mol. The van der Waals surface area contributed by atoms with Gasteiger partial charge in [0.1, 0.15) is 5.69 Å². The molecule has 4 rings (SSSR count). The Kier molecular flexibility index (Phi) is 3.76. The molecular formula is C19H20N4O. The molecule has 2 aromatic heterocycles. The molecule has 1 N–H and O–H groups in total. The molecule has 24 heavy (non-hydrogen) atoms. The van der Waals surface area contributed by atoms with Crippen molar-refractivity contribution in [2.45, 2.75) is 38.6 Å². The minimum absolute atomic E-state index is 0.0443. The summed E-state index contributed by atoms with van der Waals surface area (Å²) >= 11 is 0. The maximum Gasteiger partial charge on any atom is 0.270 e. The fraction of sp³-hybridized carbons (Fsp3) is 0.316. The van der Waals surface area contributed by atoms with Gasteiger partial charge in [0.05, 0.1) is 18.4 Å². The predicted molar refractivity (Wildman–Crippen MR) is 92.0 cm³/mol. The lowest BCUT2D eigenvalue weighted by Crippen LogP contribution is -2.27. The van der Waals surface area contributed by atoms with Gasteiger partial charge in [-0.05, 0) is 49.3 Å². The van der Waals surface area contributed by atoms with Crippen LogP contribution in [0.2, 0.25) is 0 Å². The minimum atomic E-state index is -0.126. The van der Waals surface area contributed by atoms with Crippen molar-refractivity contribution in [3.8, 4) is 0 Å². The van der Waals surface area contributed by atoms with Crippen LogP contribution < -0.4 is 5.32 Å². The second-order valence-corrected chi connectivity index (χ2v) is 6.38. The fourth-order valence-electron chi connectivity index (χ4n) is 3.39. The Bertz CT molecular complexity index is 899. The molecule has 0 spiro atoms. The Hall–Kier alpha value is -2.69. The molecule has 0 saturated carbocycles. The van der Waals surface area contributed by atoms with Crippen molar-refractivity contribution in [3.63, 3.8) is 0 Å². The Morgan fingerprint density at radius 3 is 2.92 bits per heavy atom.